The Morgan fingerprint density at radius 3 is 2.51 bits per heavy atom. The van der Waals surface area contributed by atoms with Crippen LogP contribution in [0, 0.1) is 10.1 Å². The minimum atomic E-state index is -0.765. The normalized spacial score (nSPS) is 10.6. The molecule has 0 aliphatic heterocycles. The van der Waals surface area contributed by atoms with E-state index in [4.69, 9.17) is 4.74 Å². The van der Waals surface area contributed by atoms with Gasteiger partial charge in [-0.25, -0.2) is 4.98 Å². The van der Waals surface area contributed by atoms with Crippen LogP contribution in [0.2, 0.25) is 0 Å². The molecule has 13 heteroatoms. The fraction of sp³-hybridized carbons (Fsp3) is 0.227. The third-order valence-electron chi connectivity index (χ3n) is 4.24. The van der Waals surface area contributed by atoms with Crippen molar-refractivity contribution in [3.05, 3.63) is 76.2 Å². The number of benzene rings is 1. The van der Waals surface area contributed by atoms with Crippen LogP contribution in [0.3, 0.4) is 0 Å². The molecular weight excluding hydrogens is 460 g/mol. The average molecular weight is 484 g/mol. The lowest BCUT2D eigenvalue weighted by Gasteiger charge is -2.12. The van der Waals surface area contributed by atoms with Gasteiger partial charge in [-0.15, -0.1) is 0 Å². The first-order valence-corrected chi connectivity index (χ1v) is 10.4. The number of anilines is 1. The lowest BCUT2D eigenvalue weighted by Crippen LogP contribution is -2.38. The van der Waals surface area contributed by atoms with Crippen LogP contribution in [0.25, 0.3) is 0 Å². The van der Waals surface area contributed by atoms with E-state index in [9.17, 15) is 29.3 Å². The molecule has 13 nitrogen and oxygen atoms in total. The van der Waals surface area contributed by atoms with E-state index in [1.165, 1.54) is 30.5 Å². The molecule has 0 radical (unpaired) electrons. The molecule has 0 bridgehead atoms. The van der Waals surface area contributed by atoms with Gasteiger partial charge in [-0.3, -0.25) is 29.3 Å². The molecule has 2 rings (SSSR count). The Balaban J connectivity index is 2.07. The summed E-state index contributed by atoms with van der Waals surface area (Å²) in [5.41, 5.74) is -0.338. The van der Waals surface area contributed by atoms with Gasteiger partial charge in [-0.2, -0.15) is 0 Å². The number of carbonyl (C=O) groups is 4. The zero-order chi connectivity index (χ0) is 25.6. The fourth-order valence-electron chi connectivity index (χ4n) is 2.59. The van der Waals surface area contributed by atoms with Crippen molar-refractivity contribution < 1.29 is 28.8 Å². The van der Waals surface area contributed by atoms with Gasteiger partial charge in [0, 0.05) is 37.0 Å². The predicted molar refractivity (Wildman–Crippen MR) is 124 cm³/mol. The SMILES string of the molecule is CCOC(=O)CNC(=O)CCNC(=O)/C(=C/Nc1ncccc1[N+](=O)[O-])NC(=O)c1ccccc1. The van der Waals surface area contributed by atoms with Crippen LogP contribution in [0.15, 0.2) is 60.6 Å². The van der Waals surface area contributed by atoms with Gasteiger partial charge in [0.25, 0.3) is 11.8 Å². The monoisotopic (exact) mass is 484 g/mol. The number of amides is 3. The summed E-state index contributed by atoms with van der Waals surface area (Å²) in [6.45, 7) is 1.41. The van der Waals surface area contributed by atoms with E-state index >= 15 is 0 Å². The highest BCUT2D eigenvalue weighted by Crippen LogP contribution is 2.20. The third kappa shape index (κ3) is 8.92. The molecule has 0 unspecified atom stereocenters. The summed E-state index contributed by atoms with van der Waals surface area (Å²) in [5.74, 6) is -2.60. The first-order valence-electron chi connectivity index (χ1n) is 10.4. The number of aromatic nitrogens is 1. The van der Waals surface area contributed by atoms with Gasteiger partial charge >= 0.3 is 11.7 Å². The van der Waals surface area contributed by atoms with Crippen LogP contribution in [0.1, 0.15) is 23.7 Å². The second-order valence-corrected chi connectivity index (χ2v) is 6.74. The van der Waals surface area contributed by atoms with E-state index in [0.29, 0.717) is 0 Å². The lowest BCUT2D eigenvalue weighted by atomic mass is 10.2. The molecule has 1 aromatic carbocycles. The molecule has 1 heterocycles. The van der Waals surface area contributed by atoms with Crippen LogP contribution in [-0.2, 0) is 19.1 Å². The van der Waals surface area contributed by atoms with Gasteiger partial charge in [0.05, 0.1) is 11.5 Å². The van der Waals surface area contributed by atoms with E-state index in [0.717, 1.165) is 6.20 Å². The van der Waals surface area contributed by atoms with Gasteiger partial charge < -0.3 is 26.0 Å². The molecule has 2 aromatic rings. The van der Waals surface area contributed by atoms with E-state index in [1.807, 2.05) is 0 Å². The quantitative estimate of drug-likeness (QED) is 0.147. The summed E-state index contributed by atoms with van der Waals surface area (Å²) < 4.78 is 4.70. The molecule has 0 aliphatic carbocycles. The van der Waals surface area contributed by atoms with Crippen LogP contribution in [0.5, 0.6) is 0 Å². The zero-order valence-corrected chi connectivity index (χ0v) is 18.8. The van der Waals surface area contributed by atoms with Crippen LogP contribution < -0.4 is 21.3 Å². The zero-order valence-electron chi connectivity index (χ0n) is 18.8. The van der Waals surface area contributed by atoms with E-state index in [1.54, 1.807) is 25.1 Å². The summed E-state index contributed by atoms with van der Waals surface area (Å²) in [7, 11) is 0. The highest BCUT2D eigenvalue weighted by atomic mass is 16.6. The van der Waals surface area contributed by atoms with Crippen molar-refractivity contribution in [3.8, 4) is 0 Å². The molecule has 35 heavy (non-hydrogen) atoms. The number of rotatable bonds is 12. The summed E-state index contributed by atoms with van der Waals surface area (Å²) in [4.78, 5) is 62.8. The Morgan fingerprint density at radius 2 is 1.83 bits per heavy atom. The number of esters is 1. The first-order chi connectivity index (χ1) is 16.8. The van der Waals surface area contributed by atoms with Gasteiger partial charge in [-0.05, 0) is 25.1 Å². The van der Waals surface area contributed by atoms with Gasteiger partial charge in [0.2, 0.25) is 11.7 Å². The third-order valence-corrected chi connectivity index (χ3v) is 4.24. The first kappa shape index (κ1) is 26.4. The standard InChI is InChI=1S/C22H24N6O7/c1-2-35-19(30)14-25-18(29)10-12-24-22(32)16(27-21(31)15-7-4-3-5-8-15)13-26-20-17(28(33)34)9-6-11-23-20/h3-9,11,13H,2,10,12,14H2,1H3,(H,23,26)(H,24,32)(H,25,29)(H,27,31)/b16-13-. The van der Waals surface area contributed by atoms with Crippen LogP contribution >= 0.6 is 0 Å². The Morgan fingerprint density at radius 1 is 1.09 bits per heavy atom. The lowest BCUT2D eigenvalue weighted by molar-refractivity contribution is -0.384. The van der Waals surface area contributed by atoms with Crippen molar-refractivity contribution in [2.75, 3.05) is 25.0 Å². The Hall–Kier alpha value is -4.81. The minimum Gasteiger partial charge on any atom is -0.465 e. The summed E-state index contributed by atoms with van der Waals surface area (Å²) in [6, 6.07) is 10.7. The molecule has 0 fully saturated rings. The van der Waals surface area contributed by atoms with Crippen molar-refractivity contribution in [3.63, 3.8) is 0 Å². The number of pyridine rings is 1. The van der Waals surface area contributed by atoms with Gasteiger partial charge in [-0.1, -0.05) is 18.2 Å². The predicted octanol–water partition coefficient (Wildman–Crippen LogP) is 0.859. The van der Waals surface area contributed by atoms with Crippen LogP contribution in [-0.4, -0.2) is 53.3 Å². The number of hydrogen-bond acceptors (Lipinski definition) is 9. The summed E-state index contributed by atoms with van der Waals surface area (Å²) >= 11 is 0. The Bertz CT molecular complexity index is 1100. The Kier molecular flexibility index (Phi) is 10.3. The molecule has 0 saturated heterocycles. The highest BCUT2D eigenvalue weighted by molar-refractivity contribution is 6.03. The molecular formula is C22H24N6O7. The van der Waals surface area contributed by atoms with Crippen molar-refractivity contribution in [1.82, 2.24) is 20.9 Å². The van der Waals surface area contributed by atoms with Crippen molar-refractivity contribution in [2.45, 2.75) is 13.3 Å². The maximum Gasteiger partial charge on any atom is 0.325 e. The number of hydrogen-bond donors (Lipinski definition) is 4. The molecule has 0 saturated carbocycles. The van der Waals surface area contributed by atoms with E-state index in [2.05, 4.69) is 26.3 Å². The molecule has 3 amide bonds. The van der Waals surface area contributed by atoms with Crippen LogP contribution in [0.4, 0.5) is 11.5 Å². The number of nitrogens with one attached hydrogen (secondary N) is 4. The molecule has 184 valence electrons. The fourth-order valence-corrected chi connectivity index (χ4v) is 2.59. The van der Waals surface area contributed by atoms with Crippen molar-refractivity contribution in [1.29, 1.82) is 0 Å². The highest BCUT2D eigenvalue weighted by Gasteiger charge is 2.17. The van der Waals surface area contributed by atoms with Crippen molar-refractivity contribution >= 4 is 35.2 Å². The summed E-state index contributed by atoms with van der Waals surface area (Å²) in [6.07, 6.45) is 2.23. The number of ether oxygens (including phenoxy) is 1. The number of nitrogens with zero attached hydrogens (tertiary/aromatic N) is 2. The van der Waals surface area contributed by atoms with Crippen molar-refractivity contribution in [2.24, 2.45) is 0 Å². The largest absolute Gasteiger partial charge is 0.465 e. The second kappa shape index (κ2) is 13.7. The number of nitro groups is 1. The van der Waals surface area contributed by atoms with E-state index < -0.39 is 28.6 Å². The van der Waals surface area contributed by atoms with Gasteiger partial charge in [0.15, 0.2) is 0 Å². The molecule has 0 spiro atoms. The maximum absolute atomic E-state index is 12.7. The maximum atomic E-state index is 12.7. The summed E-state index contributed by atoms with van der Waals surface area (Å²) in [5, 5.41) is 21.0. The molecule has 4 N–H and O–H groups in total. The topological polar surface area (TPSA) is 182 Å². The second-order valence-electron chi connectivity index (χ2n) is 6.74. The minimum absolute atomic E-state index is 0.115. The molecule has 0 aliphatic rings. The Labute approximate surface area is 200 Å². The molecule has 0 atom stereocenters. The number of carbonyl (C=O) groups excluding carboxylic acids is 4. The van der Waals surface area contributed by atoms with Gasteiger partial charge in [0.1, 0.15) is 12.2 Å². The smallest absolute Gasteiger partial charge is 0.325 e. The van der Waals surface area contributed by atoms with E-state index in [-0.39, 0.29) is 48.9 Å². The average Bonchev–Trinajstić information content (AvgIpc) is 2.85. The molecule has 1 aromatic heterocycles.